The Balaban J connectivity index is 1.58. The second kappa shape index (κ2) is 7.65. The molecule has 0 spiro atoms. The fraction of sp³-hybridized carbons (Fsp3) is 0.389. The number of rotatable bonds is 4. The molecule has 1 aromatic heterocycles. The molecule has 0 bridgehead atoms. The van der Waals surface area contributed by atoms with Crippen LogP contribution in [0.4, 0.5) is 15.6 Å². The Morgan fingerprint density at radius 3 is 2.76 bits per heavy atom. The molecule has 6 nitrogen and oxygen atoms in total. The second-order valence-electron chi connectivity index (χ2n) is 6.11. The van der Waals surface area contributed by atoms with Gasteiger partial charge in [0.05, 0.1) is 17.9 Å². The van der Waals surface area contributed by atoms with E-state index in [4.69, 9.17) is 4.74 Å². The third kappa shape index (κ3) is 4.36. The summed E-state index contributed by atoms with van der Waals surface area (Å²) in [6, 6.07) is 6.23. The van der Waals surface area contributed by atoms with E-state index < -0.39 is 0 Å². The van der Waals surface area contributed by atoms with E-state index in [-0.39, 0.29) is 12.0 Å². The van der Waals surface area contributed by atoms with Crippen molar-refractivity contribution in [3.05, 3.63) is 40.4 Å². The average molecular weight is 359 g/mol. The van der Waals surface area contributed by atoms with Crippen molar-refractivity contribution in [3.8, 4) is 0 Å². The van der Waals surface area contributed by atoms with Crippen molar-refractivity contribution in [2.75, 3.05) is 17.2 Å². The largest absolute Gasteiger partial charge is 0.462 e. The summed E-state index contributed by atoms with van der Waals surface area (Å²) < 4.78 is 4.93. The van der Waals surface area contributed by atoms with Gasteiger partial charge < -0.3 is 10.1 Å². The molecule has 0 radical (unpaired) electrons. The molecule has 25 heavy (non-hydrogen) atoms. The normalized spacial score (nSPS) is 16.0. The number of amides is 2. The minimum atomic E-state index is -0.374. The molecular weight excluding hydrogens is 338 g/mol. The van der Waals surface area contributed by atoms with Crippen molar-refractivity contribution in [1.29, 1.82) is 0 Å². The zero-order valence-corrected chi connectivity index (χ0v) is 15.1. The van der Waals surface area contributed by atoms with Crippen molar-refractivity contribution < 1.29 is 14.3 Å². The van der Waals surface area contributed by atoms with Gasteiger partial charge in [-0.25, -0.2) is 14.6 Å². The van der Waals surface area contributed by atoms with Gasteiger partial charge in [-0.3, -0.25) is 5.32 Å². The van der Waals surface area contributed by atoms with Crippen LogP contribution in [-0.2, 0) is 17.6 Å². The van der Waals surface area contributed by atoms with Crippen LogP contribution in [0.3, 0.4) is 0 Å². The van der Waals surface area contributed by atoms with Crippen LogP contribution in [0, 0.1) is 5.92 Å². The number of ether oxygens (including phenoxy) is 1. The first-order valence-electron chi connectivity index (χ1n) is 8.39. The third-order valence-electron chi connectivity index (χ3n) is 4.06. The van der Waals surface area contributed by atoms with Crippen molar-refractivity contribution >= 4 is 34.2 Å². The highest BCUT2D eigenvalue weighted by Crippen LogP contribution is 2.32. The standard InChI is InChI=1S/C18H21N3O3S/c1-3-24-16(22)12-5-7-13(8-6-12)19-17(23)21-18-20-14-9-4-11(2)10-15(14)25-18/h5-8,11H,3-4,9-10H2,1-2H3,(H2,19,20,21,23)/t11-/m1/s1. The van der Waals surface area contributed by atoms with Crippen LogP contribution in [0.5, 0.6) is 0 Å². The maximum atomic E-state index is 12.1. The number of benzene rings is 1. The van der Waals surface area contributed by atoms with Gasteiger partial charge in [0, 0.05) is 10.6 Å². The minimum Gasteiger partial charge on any atom is -0.462 e. The van der Waals surface area contributed by atoms with Crippen molar-refractivity contribution in [2.24, 2.45) is 5.92 Å². The number of esters is 1. The van der Waals surface area contributed by atoms with Crippen molar-refractivity contribution in [2.45, 2.75) is 33.1 Å². The molecule has 2 aromatic rings. The molecule has 2 N–H and O–H groups in total. The van der Waals surface area contributed by atoms with Crippen molar-refractivity contribution in [1.82, 2.24) is 4.98 Å². The molecule has 1 heterocycles. The van der Waals surface area contributed by atoms with Gasteiger partial charge in [-0.1, -0.05) is 6.92 Å². The quantitative estimate of drug-likeness (QED) is 0.806. The number of carbonyl (C=O) groups is 2. The van der Waals surface area contributed by atoms with E-state index in [0.29, 0.717) is 28.9 Å². The summed E-state index contributed by atoms with van der Waals surface area (Å²) >= 11 is 1.55. The summed E-state index contributed by atoms with van der Waals surface area (Å²) in [7, 11) is 0. The molecule has 0 saturated heterocycles. The Hall–Kier alpha value is -2.41. The number of carbonyl (C=O) groups excluding carboxylic acids is 2. The summed E-state index contributed by atoms with van der Waals surface area (Å²) in [5.74, 6) is 0.300. The number of thiazole rings is 1. The Morgan fingerprint density at radius 1 is 1.28 bits per heavy atom. The van der Waals surface area contributed by atoms with E-state index in [1.165, 1.54) is 4.88 Å². The lowest BCUT2D eigenvalue weighted by Gasteiger charge is -2.15. The van der Waals surface area contributed by atoms with E-state index >= 15 is 0 Å². The predicted octanol–water partition coefficient (Wildman–Crippen LogP) is 4.09. The first-order chi connectivity index (χ1) is 12.0. The van der Waals surface area contributed by atoms with Crippen LogP contribution in [0.15, 0.2) is 24.3 Å². The summed E-state index contributed by atoms with van der Waals surface area (Å²) in [4.78, 5) is 29.5. The molecule has 132 valence electrons. The van der Waals surface area contributed by atoms with Crippen LogP contribution in [0.25, 0.3) is 0 Å². The number of hydrogen-bond donors (Lipinski definition) is 2. The Morgan fingerprint density at radius 2 is 2.04 bits per heavy atom. The smallest absolute Gasteiger partial charge is 0.338 e. The zero-order valence-electron chi connectivity index (χ0n) is 14.3. The highest BCUT2D eigenvalue weighted by molar-refractivity contribution is 7.15. The molecule has 0 fully saturated rings. The lowest BCUT2D eigenvalue weighted by molar-refractivity contribution is 0.0526. The summed E-state index contributed by atoms with van der Waals surface area (Å²) in [5.41, 5.74) is 2.16. The van der Waals surface area contributed by atoms with Gasteiger partial charge in [0.2, 0.25) is 0 Å². The van der Waals surface area contributed by atoms with Crippen LogP contribution >= 0.6 is 11.3 Å². The number of nitrogens with zero attached hydrogens (tertiary/aromatic N) is 1. The molecule has 1 aliphatic carbocycles. The van der Waals surface area contributed by atoms with Crippen LogP contribution in [0.1, 0.15) is 41.2 Å². The molecule has 0 aliphatic heterocycles. The highest BCUT2D eigenvalue weighted by atomic mass is 32.1. The molecule has 7 heteroatoms. The first-order valence-corrected chi connectivity index (χ1v) is 9.20. The third-order valence-corrected chi connectivity index (χ3v) is 5.10. The van der Waals surface area contributed by atoms with Gasteiger partial charge in [-0.05, 0) is 56.4 Å². The zero-order chi connectivity index (χ0) is 17.8. The highest BCUT2D eigenvalue weighted by Gasteiger charge is 2.20. The molecule has 0 unspecified atom stereocenters. The molecule has 1 aliphatic rings. The maximum absolute atomic E-state index is 12.1. The van der Waals surface area contributed by atoms with Crippen molar-refractivity contribution in [3.63, 3.8) is 0 Å². The summed E-state index contributed by atoms with van der Waals surface area (Å²) in [6.45, 7) is 4.33. The van der Waals surface area contributed by atoms with E-state index in [2.05, 4.69) is 22.5 Å². The molecule has 1 atom stereocenters. The Labute approximate surface area is 150 Å². The number of aromatic nitrogens is 1. The summed E-state index contributed by atoms with van der Waals surface area (Å²) in [6.07, 6.45) is 3.16. The fourth-order valence-corrected chi connectivity index (χ4v) is 3.92. The topological polar surface area (TPSA) is 80.3 Å². The predicted molar refractivity (Wildman–Crippen MR) is 98.3 cm³/mol. The SMILES string of the molecule is CCOC(=O)c1ccc(NC(=O)Nc2nc3c(s2)C[C@H](C)CC3)cc1. The van der Waals surface area contributed by atoms with Crippen LogP contribution in [0.2, 0.25) is 0 Å². The van der Waals surface area contributed by atoms with Gasteiger partial charge in [0.15, 0.2) is 5.13 Å². The number of aryl methyl sites for hydroxylation is 1. The molecule has 3 rings (SSSR count). The van der Waals surface area contributed by atoms with Gasteiger partial charge in [-0.2, -0.15) is 0 Å². The number of anilines is 2. The number of fused-ring (bicyclic) bond motifs is 1. The van der Waals surface area contributed by atoms with Gasteiger partial charge >= 0.3 is 12.0 Å². The van der Waals surface area contributed by atoms with Gasteiger partial charge in [0.25, 0.3) is 0 Å². The molecular formula is C18H21N3O3S. The van der Waals surface area contributed by atoms with E-state index in [1.54, 1.807) is 42.5 Å². The minimum absolute atomic E-state index is 0.331. The number of hydrogen-bond acceptors (Lipinski definition) is 5. The van der Waals surface area contributed by atoms with E-state index in [9.17, 15) is 9.59 Å². The van der Waals surface area contributed by atoms with Crippen LogP contribution < -0.4 is 10.6 Å². The maximum Gasteiger partial charge on any atom is 0.338 e. The number of nitrogens with one attached hydrogen (secondary N) is 2. The Kier molecular flexibility index (Phi) is 5.33. The monoisotopic (exact) mass is 359 g/mol. The van der Waals surface area contributed by atoms with Crippen LogP contribution in [-0.4, -0.2) is 23.6 Å². The Bertz CT molecular complexity index is 770. The first kappa shape index (κ1) is 17.4. The van der Waals surface area contributed by atoms with E-state index in [1.807, 2.05) is 0 Å². The fourth-order valence-electron chi connectivity index (χ4n) is 2.76. The molecule has 2 amide bonds. The lowest BCUT2D eigenvalue weighted by atomic mass is 9.93. The average Bonchev–Trinajstić information content (AvgIpc) is 2.96. The lowest BCUT2D eigenvalue weighted by Crippen LogP contribution is -2.19. The summed E-state index contributed by atoms with van der Waals surface area (Å²) in [5, 5.41) is 6.15. The van der Waals surface area contributed by atoms with E-state index in [0.717, 1.165) is 25.0 Å². The second-order valence-corrected chi connectivity index (χ2v) is 7.20. The molecule has 1 aromatic carbocycles. The molecule has 0 saturated carbocycles. The van der Waals surface area contributed by atoms with Gasteiger partial charge in [-0.15, -0.1) is 11.3 Å². The number of urea groups is 1. The van der Waals surface area contributed by atoms with Gasteiger partial charge in [0.1, 0.15) is 0 Å².